The van der Waals surface area contributed by atoms with E-state index in [1.807, 2.05) is 30.3 Å². The first-order valence-electron chi connectivity index (χ1n) is 8.26. The largest absolute Gasteiger partial charge is 0.310 e. The second kappa shape index (κ2) is 6.23. The standard InChI is InChI=1S/C17H20N4O2S/c22-24(23,21-9-8-14-6-7-15(12-21)20-14)16-10-18-17(19-11-16)13-4-2-1-3-5-13/h1-5,10-11,14-15,20H,6-9,12H2. The maximum Gasteiger partial charge on any atom is 0.246 e. The number of fused-ring (bicyclic) bond motifs is 2. The van der Waals surface area contributed by atoms with Crippen LogP contribution in [-0.4, -0.2) is 47.9 Å². The molecule has 0 radical (unpaired) electrons. The van der Waals surface area contributed by atoms with Gasteiger partial charge in [0, 0.05) is 30.7 Å². The summed E-state index contributed by atoms with van der Waals surface area (Å²) in [7, 11) is -3.54. The van der Waals surface area contributed by atoms with Crippen LogP contribution in [0.5, 0.6) is 0 Å². The van der Waals surface area contributed by atoms with E-state index >= 15 is 0 Å². The fourth-order valence-corrected chi connectivity index (χ4v) is 4.86. The molecule has 126 valence electrons. The third kappa shape index (κ3) is 2.94. The van der Waals surface area contributed by atoms with E-state index in [0.29, 0.717) is 25.0 Å². The highest BCUT2D eigenvalue weighted by atomic mass is 32.2. The first-order chi connectivity index (χ1) is 11.6. The van der Waals surface area contributed by atoms with Gasteiger partial charge in [-0.25, -0.2) is 18.4 Å². The van der Waals surface area contributed by atoms with Crippen molar-refractivity contribution in [3.8, 4) is 11.4 Å². The molecule has 4 rings (SSSR count). The summed E-state index contributed by atoms with van der Waals surface area (Å²) >= 11 is 0. The third-order valence-electron chi connectivity index (χ3n) is 4.78. The number of benzene rings is 1. The van der Waals surface area contributed by atoms with Crippen molar-refractivity contribution in [2.45, 2.75) is 36.2 Å². The molecule has 1 N–H and O–H groups in total. The minimum atomic E-state index is -3.54. The minimum absolute atomic E-state index is 0.167. The lowest BCUT2D eigenvalue weighted by atomic mass is 10.1. The summed E-state index contributed by atoms with van der Waals surface area (Å²) in [6, 6.07) is 10.2. The number of rotatable bonds is 3. The minimum Gasteiger partial charge on any atom is -0.310 e. The van der Waals surface area contributed by atoms with Crippen LogP contribution in [0.25, 0.3) is 11.4 Å². The first kappa shape index (κ1) is 15.7. The van der Waals surface area contributed by atoms with Crippen LogP contribution in [0.2, 0.25) is 0 Å². The average Bonchev–Trinajstić information content (AvgIpc) is 2.94. The highest BCUT2D eigenvalue weighted by Gasteiger charge is 2.35. The molecule has 2 aromatic rings. The summed E-state index contributed by atoms with van der Waals surface area (Å²) in [5.41, 5.74) is 0.873. The highest BCUT2D eigenvalue weighted by Crippen LogP contribution is 2.25. The number of nitrogens with zero attached hydrogens (tertiary/aromatic N) is 3. The number of aromatic nitrogens is 2. The normalized spacial score (nSPS) is 24.7. The van der Waals surface area contributed by atoms with E-state index in [0.717, 1.165) is 24.8 Å². The van der Waals surface area contributed by atoms with Crippen LogP contribution < -0.4 is 5.32 Å². The number of hydrogen-bond donors (Lipinski definition) is 1. The van der Waals surface area contributed by atoms with E-state index in [2.05, 4.69) is 15.3 Å². The Morgan fingerprint density at radius 3 is 2.46 bits per heavy atom. The molecule has 0 saturated carbocycles. The van der Waals surface area contributed by atoms with Crippen molar-refractivity contribution in [2.24, 2.45) is 0 Å². The molecule has 2 unspecified atom stereocenters. The smallest absolute Gasteiger partial charge is 0.246 e. The van der Waals surface area contributed by atoms with Gasteiger partial charge in [-0.05, 0) is 19.3 Å². The molecule has 3 heterocycles. The predicted octanol–water partition coefficient (Wildman–Crippen LogP) is 1.66. The molecular weight excluding hydrogens is 324 g/mol. The van der Waals surface area contributed by atoms with Gasteiger partial charge in [0.1, 0.15) is 4.90 Å². The fourth-order valence-electron chi connectivity index (χ4n) is 3.46. The summed E-state index contributed by atoms with van der Waals surface area (Å²) in [5.74, 6) is 0.533. The summed E-state index contributed by atoms with van der Waals surface area (Å²) in [4.78, 5) is 8.66. The summed E-state index contributed by atoms with van der Waals surface area (Å²) in [6.45, 7) is 1.08. The Bertz CT molecular complexity index is 808. The maximum atomic E-state index is 12.9. The quantitative estimate of drug-likeness (QED) is 0.916. The SMILES string of the molecule is O=S(=O)(c1cnc(-c2ccccc2)nc1)N1CCC2CCC(C1)N2. The maximum absolute atomic E-state index is 12.9. The van der Waals surface area contributed by atoms with Crippen molar-refractivity contribution < 1.29 is 8.42 Å². The molecule has 2 saturated heterocycles. The third-order valence-corrected chi connectivity index (χ3v) is 6.60. The van der Waals surface area contributed by atoms with Crippen molar-refractivity contribution in [1.82, 2.24) is 19.6 Å². The zero-order valence-corrected chi connectivity index (χ0v) is 14.1. The van der Waals surface area contributed by atoms with Gasteiger partial charge < -0.3 is 5.32 Å². The van der Waals surface area contributed by atoms with Crippen molar-refractivity contribution in [1.29, 1.82) is 0 Å². The van der Waals surface area contributed by atoms with E-state index in [9.17, 15) is 8.42 Å². The van der Waals surface area contributed by atoms with Gasteiger partial charge in [0.15, 0.2) is 5.82 Å². The van der Waals surface area contributed by atoms with Gasteiger partial charge in [0.05, 0.1) is 12.4 Å². The molecule has 7 heteroatoms. The Morgan fingerprint density at radius 1 is 1.00 bits per heavy atom. The summed E-state index contributed by atoms with van der Waals surface area (Å²) < 4.78 is 27.3. The fraction of sp³-hybridized carbons (Fsp3) is 0.412. The van der Waals surface area contributed by atoms with Gasteiger partial charge in [-0.3, -0.25) is 0 Å². The summed E-state index contributed by atoms with van der Waals surface area (Å²) in [6.07, 6.45) is 5.88. The lowest BCUT2D eigenvalue weighted by Gasteiger charge is -2.23. The van der Waals surface area contributed by atoms with E-state index in [1.165, 1.54) is 12.4 Å². The van der Waals surface area contributed by atoms with Crippen LogP contribution in [-0.2, 0) is 10.0 Å². The summed E-state index contributed by atoms with van der Waals surface area (Å²) in [5, 5.41) is 3.50. The molecule has 0 spiro atoms. The molecule has 2 bridgehead atoms. The molecule has 6 nitrogen and oxygen atoms in total. The van der Waals surface area contributed by atoms with Gasteiger partial charge in [-0.15, -0.1) is 0 Å². The van der Waals surface area contributed by atoms with Crippen molar-refractivity contribution in [3.63, 3.8) is 0 Å². The van der Waals surface area contributed by atoms with Gasteiger partial charge >= 0.3 is 0 Å². The Balaban J connectivity index is 1.58. The van der Waals surface area contributed by atoms with Crippen molar-refractivity contribution in [2.75, 3.05) is 13.1 Å². The van der Waals surface area contributed by atoms with Crippen molar-refractivity contribution >= 4 is 10.0 Å². The van der Waals surface area contributed by atoms with Gasteiger partial charge in [0.2, 0.25) is 10.0 Å². The van der Waals surface area contributed by atoms with E-state index in [1.54, 1.807) is 4.31 Å². The van der Waals surface area contributed by atoms with Gasteiger partial charge in [-0.2, -0.15) is 4.31 Å². The van der Waals surface area contributed by atoms with E-state index < -0.39 is 10.0 Å². The topological polar surface area (TPSA) is 75.2 Å². The molecule has 2 aliphatic heterocycles. The number of hydrogen-bond acceptors (Lipinski definition) is 5. The Kier molecular flexibility index (Phi) is 4.07. The molecule has 1 aromatic heterocycles. The molecule has 0 aliphatic carbocycles. The molecule has 2 fully saturated rings. The Hall–Kier alpha value is -1.83. The van der Waals surface area contributed by atoms with Crippen LogP contribution in [0.3, 0.4) is 0 Å². The second-order valence-electron chi connectivity index (χ2n) is 6.40. The highest BCUT2D eigenvalue weighted by molar-refractivity contribution is 7.89. The molecule has 0 amide bonds. The Labute approximate surface area is 142 Å². The second-order valence-corrected chi connectivity index (χ2v) is 8.34. The van der Waals surface area contributed by atoms with Gasteiger partial charge in [0.25, 0.3) is 0 Å². The molecule has 2 atom stereocenters. The molecule has 2 aliphatic rings. The number of nitrogens with one attached hydrogen (secondary N) is 1. The molecule has 1 aromatic carbocycles. The van der Waals surface area contributed by atoms with Crippen molar-refractivity contribution in [3.05, 3.63) is 42.7 Å². The zero-order chi connectivity index (χ0) is 16.6. The van der Waals surface area contributed by atoms with Gasteiger partial charge in [-0.1, -0.05) is 30.3 Å². The van der Waals surface area contributed by atoms with Crippen LogP contribution in [0, 0.1) is 0 Å². The zero-order valence-electron chi connectivity index (χ0n) is 13.3. The number of sulfonamides is 1. The monoisotopic (exact) mass is 344 g/mol. The lowest BCUT2D eigenvalue weighted by molar-refractivity contribution is 0.383. The lowest BCUT2D eigenvalue weighted by Crippen LogP contribution is -2.39. The van der Waals surface area contributed by atoms with E-state index in [-0.39, 0.29) is 10.9 Å². The molecular formula is C17H20N4O2S. The Morgan fingerprint density at radius 2 is 1.71 bits per heavy atom. The van der Waals surface area contributed by atoms with Crippen LogP contribution in [0.4, 0.5) is 0 Å². The average molecular weight is 344 g/mol. The van der Waals surface area contributed by atoms with E-state index in [4.69, 9.17) is 0 Å². The van der Waals surface area contributed by atoms with Crippen LogP contribution >= 0.6 is 0 Å². The predicted molar refractivity (Wildman–Crippen MR) is 90.8 cm³/mol. The molecule has 24 heavy (non-hydrogen) atoms. The first-order valence-corrected chi connectivity index (χ1v) is 9.70. The van der Waals surface area contributed by atoms with Crippen LogP contribution in [0.1, 0.15) is 19.3 Å². The van der Waals surface area contributed by atoms with Crippen LogP contribution in [0.15, 0.2) is 47.6 Å².